The Morgan fingerprint density at radius 1 is 1.67 bits per heavy atom. The Balaban J connectivity index is 2.21. The topological polar surface area (TPSA) is 41.6 Å². The molecule has 1 N–H and O–H groups in total. The third-order valence-electron chi connectivity index (χ3n) is 2.99. The van der Waals surface area contributed by atoms with Crippen LogP contribution >= 0.6 is 0 Å². The molecule has 4 nitrogen and oxygen atoms in total. The van der Waals surface area contributed by atoms with Crippen molar-refractivity contribution in [3.63, 3.8) is 0 Å². The molecule has 0 bridgehead atoms. The largest absolute Gasteiger partial charge is 0.468 e. The molecule has 0 spiro atoms. The molecule has 15 heavy (non-hydrogen) atoms. The lowest BCUT2D eigenvalue weighted by Crippen LogP contribution is -2.42. The number of hydrogen-bond donors (Lipinski definition) is 1. The van der Waals surface area contributed by atoms with E-state index in [0.717, 1.165) is 13.1 Å². The number of rotatable bonds is 4. The Labute approximate surface area is 92.0 Å². The summed E-state index contributed by atoms with van der Waals surface area (Å²) in [6.07, 6.45) is 2.51. The monoisotopic (exact) mass is 214 g/mol. The molecule has 0 amide bonds. The van der Waals surface area contributed by atoms with E-state index in [0.29, 0.717) is 5.92 Å². The molecule has 0 radical (unpaired) electrons. The van der Waals surface area contributed by atoms with Gasteiger partial charge in [-0.2, -0.15) is 0 Å². The maximum Gasteiger partial charge on any atom is 0.322 e. The zero-order chi connectivity index (χ0) is 11.3. The molecule has 2 atom stereocenters. The lowest BCUT2D eigenvalue weighted by atomic mass is 9.98. The minimum absolute atomic E-state index is 0.181. The molecule has 0 aromatic rings. The first kappa shape index (κ1) is 12.5. The second-order valence-corrected chi connectivity index (χ2v) is 4.42. The second kappa shape index (κ2) is 6.08. The Kier molecular flexibility index (Phi) is 5.05. The van der Waals surface area contributed by atoms with Gasteiger partial charge in [-0.1, -0.05) is 0 Å². The molecule has 0 aliphatic carbocycles. The van der Waals surface area contributed by atoms with E-state index in [-0.39, 0.29) is 12.0 Å². The van der Waals surface area contributed by atoms with Crippen LogP contribution < -0.4 is 5.32 Å². The van der Waals surface area contributed by atoms with E-state index in [1.165, 1.54) is 26.5 Å². The molecule has 2 unspecified atom stereocenters. The number of esters is 1. The van der Waals surface area contributed by atoms with Crippen LogP contribution in [-0.2, 0) is 9.53 Å². The zero-order valence-electron chi connectivity index (χ0n) is 9.95. The average molecular weight is 214 g/mol. The van der Waals surface area contributed by atoms with E-state index >= 15 is 0 Å². The van der Waals surface area contributed by atoms with E-state index < -0.39 is 0 Å². The van der Waals surface area contributed by atoms with Gasteiger partial charge in [0.05, 0.1) is 7.11 Å². The van der Waals surface area contributed by atoms with Gasteiger partial charge in [0.1, 0.15) is 6.04 Å². The van der Waals surface area contributed by atoms with Crippen molar-refractivity contribution < 1.29 is 9.53 Å². The van der Waals surface area contributed by atoms with Crippen molar-refractivity contribution in [2.75, 3.05) is 33.8 Å². The van der Waals surface area contributed by atoms with Crippen molar-refractivity contribution in [3.05, 3.63) is 0 Å². The van der Waals surface area contributed by atoms with Gasteiger partial charge in [-0.05, 0) is 45.8 Å². The fourth-order valence-corrected chi connectivity index (χ4v) is 2.04. The predicted octanol–water partition coefficient (Wildman–Crippen LogP) is 0.479. The van der Waals surface area contributed by atoms with E-state index in [2.05, 4.69) is 22.0 Å². The van der Waals surface area contributed by atoms with Crippen molar-refractivity contribution in [3.8, 4) is 0 Å². The number of piperidine rings is 1. The van der Waals surface area contributed by atoms with E-state index in [9.17, 15) is 4.79 Å². The molecule has 1 heterocycles. The summed E-state index contributed by atoms with van der Waals surface area (Å²) in [5, 5.41) is 3.22. The minimum atomic E-state index is -0.192. The van der Waals surface area contributed by atoms with Crippen LogP contribution in [-0.4, -0.2) is 50.7 Å². The Bertz CT molecular complexity index is 209. The summed E-state index contributed by atoms with van der Waals surface area (Å²) in [6, 6.07) is -0.192. The van der Waals surface area contributed by atoms with Crippen molar-refractivity contribution in [1.29, 1.82) is 0 Å². The van der Waals surface area contributed by atoms with Crippen LogP contribution in [0.1, 0.15) is 19.8 Å². The molecule has 0 aromatic heterocycles. The van der Waals surface area contributed by atoms with Crippen LogP contribution in [0.3, 0.4) is 0 Å². The zero-order valence-corrected chi connectivity index (χ0v) is 9.95. The highest BCUT2D eigenvalue weighted by atomic mass is 16.5. The van der Waals surface area contributed by atoms with Gasteiger partial charge in [0.25, 0.3) is 0 Å². The van der Waals surface area contributed by atoms with E-state index in [1.54, 1.807) is 0 Å². The number of nitrogens with one attached hydrogen (secondary N) is 1. The Hall–Kier alpha value is -0.610. The molecule has 1 rings (SSSR count). The van der Waals surface area contributed by atoms with Crippen molar-refractivity contribution >= 4 is 5.97 Å². The van der Waals surface area contributed by atoms with E-state index in [4.69, 9.17) is 0 Å². The van der Waals surface area contributed by atoms with Crippen LogP contribution in [0, 0.1) is 5.92 Å². The Morgan fingerprint density at radius 2 is 2.40 bits per heavy atom. The maximum absolute atomic E-state index is 11.2. The lowest BCUT2D eigenvalue weighted by Gasteiger charge is -2.30. The fourth-order valence-electron chi connectivity index (χ4n) is 2.04. The lowest BCUT2D eigenvalue weighted by molar-refractivity contribution is -0.142. The van der Waals surface area contributed by atoms with Crippen molar-refractivity contribution in [2.45, 2.75) is 25.8 Å². The third-order valence-corrected chi connectivity index (χ3v) is 2.99. The highest BCUT2D eigenvalue weighted by Crippen LogP contribution is 2.13. The van der Waals surface area contributed by atoms with Crippen LogP contribution in [0.15, 0.2) is 0 Å². The van der Waals surface area contributed by atoms with E-state index in [1.807, 2.05) is 6.92 Å². The van der Waals surface area contributed by atoms with Crippen LogP contribution in [0.25, 0.3) is 0 Å². The summed E-state index contributed by atoms with van der Waals surface area (Å²) >= 11 is 0. The molecule has 88 valence electrons. The molecular formula is C11H22N2O2. The van der Waals surface area contributed by atoms with Crippen LogP contribution in [0.5, 0.6) is 0 Å². The van der Waals surface area contributed by atoms with Crippen molar-refractivity contribution in [2.24, 2.45) is 5.92 Å². The van der Waals surface area contributed by atoms with Gasteiger partial charge in [-0.25, -0.2) is 0 Å². The smallest absolute Gasteiger partial charge is 0.322 e. The molecule has 0 saturated carbocycles. The van der Waals surface area contributed by atoms with Gasteiger partial charge in [-0.15, -0.1) is 0 Å². The number of carbonyl (C=O) groups excluding carboxylic acids is 1. The highest BCUT2D eigenvalue weighted by molar-refractivity contribution is 5.75. The van der Waals surface area contributed by atoms with Gasteiger partial charge in [0.15, 0.2) is 0 Å². The molecule has 1 aliphatic rings. The first-order valence-corrected chi connectivity index (χ1v) is 5.63. The number of nitrogens with zero attached hydrogens (tertiary/aromatic N) is 1. The normalized spacial score (nSPS) is 24.9. The van der Waals surface area contributed by atoms with Gasteiger partial charge >= 0.3 is 5.97 Å². The summed E-state index contributed by atoms with van der Waals surface area (Å²) in [4.78, 5) is 13.5. The Morgan fingerprint density at radius 3 is 3.00 bits per heavy atom. The number of likely N-dealkylation sites (tertiary alicyclic amines) is 1. The third kappa shape index (κ3) is 4.18. The quantitative estimate of drug-likeness (QED) is 0.691. The minimum Gasteiger partial charge on any atom is -0.468 e. The molecular weight excluding hydrogens is 192 g/mol. The summed E-state index contributed by atoms with van der Waals surface area (Å²) in [6.45, 7) is 5.07. The van der Waals surface area contributed by atoms with Crippen LogP contribution in [0.2, 0.25) is 0 Å². The molecule has 1 fully saturated rings. The summed E-state index contributed by atoms with van der Waals surface area (Å²) in [5.41, 5.74) is 0. The second-order valence-electron chi connectivity index (χ2n) is 4.42. The average Bonchev–Trinajstić information content (AvgIpc) is 2.25. The van der Waals surface area contributed by atoms with Gasteiger partial charge < -0.3 is 15.0 Å². The number of methoxy groups -OCH3 is 1. The first-order chi connectivity index (χ1) is 7.13. The van der Waals surface area contributed by atoms with Gasteiger partial charge in [-0.3, -0.25) is 4.79 Å². The summed E-state index contributed by atoms with van der Waals surface area (Å²) in [7, 11) is 3.57. The molecule has 4 heteroatoms. The van der Waals surface area contributed by atoms with Gasteiger partial charge in [0.2, 0.25) is 0 Å². The standard InChI is InChI=1S/C11H22N2O2/c1-9(11(14)15-3)12-7-10-5-4-6-13(2)8-10/h9-10,12H,4-8H2,1-3H3. The molecule has 0 aromatic carbocycles. The summed E-state index contributed by atoms with van der Waals surface area (Å²) < 4.78 is 4.66. The van der Waals surface area contributed by atoms with Crippen molar-refractivity contribution in [1.82, 2.24) is 10.2 Å². The SMILES string of the molecule is COC(=O)C(C)NCC1CCCN(C)C1. The first-order valence-electron chi connectivity index (χ1n) is 5.63. The predicted molar refractivity (Wildman–Crippen MR) is 59.7 cm³/mol. The van der Waals surface area contributed by atoms with Gasteiger partial charge in [0, 0.05) is 6.54 Å². The molecule has 1 aliphatic heterocycles. The maximum atomic E-state index is 11.2. The highest BCUT2D eigenvalue weighted by Gasteiger charge is 2.19. The number of ether oxygens (including phenoxy) is 1. The summed E-state index contributed by atoms with van der Waals surface area (Å²) in [5.74, 6) is 0.482. The fraction of sp³-hybridized carbons (Fsp3) is 0.909. The number of carbonyl (C=O) groups is 1. The van der Waals surface area contributed by atoms with Crippen LogP contribution in [0.4, 0.5) is 0 Å². The molecule has 1 saturated heterocycles. The number of hydrogen-bond acceptors (Lipinski definition) is 4.